The van der Waals surface area contributed by atoms with Crippen molar-refractivity contribution < 1.29 is 54.5 Å². The average Bonchev–Trinajstić information content (AvgIpc) is 3.03. The fourth-order valence-corrected chi connectivity index (χ4v) is 2.15. The summed E-state index contributed by atoms with van der Waals surface area (Å²) in [4.78, 5) is 27.3. The van der Waals surface area contributed by atoms with Crippen LogP contribution in [0.2, 0.25) is 0 Å². The molecule has 7 nitrogen and oxygen atoms in total. The summed E-state index contributed by atoms with van der Waals surface area (Å²) in [5.74, 6) is -2.86. The molecule has 0 bridgehead atoms. The Hall–Kier alpha value is -2.62. The van der Waals surface area contributed by atoms with Crippen LogP contribution in [0.4, 0.5) is 19.3 Å². The Morgan fingerprint density at radius 2 is 1.85 bits per heavy atom. The average molecular weight is 368 g/mol. The number of aromatic nitrogens is 3. The zero-order chi connectivity index (χ0) is 18.0. The van der Waals surface area contributed by atoms with Crippen LogP contribution < -0.4 is 34.9 Å². The third kappa shape index (κ3) is 4.31. The van der Waals surface area contributed by atoms with E-state index in [0.29, 0.717) is 6.07 Å². The van der Waals surface area contributed by atoms with E-state index in [9.17, 15) is 18.4 Å². The van der Waals surface area contributed by atoms with Gasteiger partial charge in [0.15, 0.2) is 0 Å². The molecule has 0 aliphatic heterocycles. The number of hydrogen-bond donors (Lipinski definition) is 2. The van der Waals surface area contributed by atoms with Gasteiger partial charge in [0.1, 0.15) is 23.0 Å². The van der Waals surface area contributed by atoms with Crippen molar-refractivity contribution in [3.63, 3.8) is 0 Å². The quantitative estimate of drug-likeness (QED) is 0.640. The molecule has 0 spiro atoms. The van der Waals surface area contributed by atoms with Gasteiger partial charge in [-0.3, -0.25) is 4.98 Å². The first kappa shape index (κ1) is 19.7. The van der Waals surface area contributed by atoms with Crippen molar-refractivity contribution in [3.8, 4) is 11.4 Å². The number of rotatable bonds is 3. The summed E-state index contributed by atoms with van der Waals surface area (Å²) in [5.41, 5.74) is 0.112. The molecular weight excluding hydrogens is 357 g/mol. The van der Waals surface area contributed by atoms with Crippen LogP contribution in [-0.2, 0) is 0 Å². The predicted octanol–water partition coefficient (Wildman–Crippen LogP) is 0.118. The van der Waals surface area contributed by atoms with E-state index < -0.39 is 23.6 Å². The normalized spacial score (nSPS) is 10.1. The number of carbonyl (C=O) groups excluding carboxylic acids is 1. The maximum absolute atomic E-state index is 13.1. The number of carboxylic acids is 1. The standard InChI is InChI=1S/C16H10F2N4O3.Na.H/c17-9-6-10(18)8-11(7-9)20-16(25)22-5-3-13(21-22)14-12(15(23)24)2-1-4-19-14;;/h1-8H,(H,20,25)(H,23,24);;/q;+1;-1. The Bertz CT molecular complexity index is 964. The first-order valence-corrected chi connectivity index (χ1v) is 6.96. The van der Waals surface area contributed by atoms with Crippen molar-refractivity contribution in [2.45, 2.75) is 0 Å². The molecule has 0 fully saturated rings. The third-order valence-corrected chi connectivity index (χ3v) is 3.19. The summed E-state index contributed by atoms with van der Waals surface area (Å²) < 4.78 is 27.2. The van der Waals surface area contributed by atoms with Gasteiger partial charge in [0.2, 0.25) is 0 Å². The van der Waals surface area contributed by atoms with Gasteiger partial charge >= 0.3 is 41.6 Å². The minimum atomic E-state index is -1.18. The van der Waals surface area contributed by atoms with E-state index in [1.807, 2.05) is 0 Å². The van der Waals surface area contributed by atoms with Crippen molar-refractivity contribution in [1.82, 2.24) is 14.8 Å². The number of halogens is 2. The molecule has 3 rings (SSSR count). The summed E-state index contributed by atoms with van der Waals surface area (Å²) in [6.07, 6.45) is 2.68. The fraction of sp³-hybridized carbons (Fsp3) is 0. The number of aromatic carboxylic acids is 1. The minimum Gasteiger partial charge on any atom is -1.00 e. The molecule has 0 saturated carbocycles. The number of amides is 1. The number of nitrogens with zero attached hydrogens (tertiary/aromatic N) is 3. The molecular formula is C16H11F2N4NaO3. The number of nitrogens with one attached hydrogen (secondary N) is 1. The van der Waals surface area contributed by atoms with Gasteiger partial charge in [0.05, 0.1) is 5.56 Å². The fourth-order valence-electron chi connectivity index (χ4n) is 2.15. The summed E-state index contributed by atoms with van der Waals surface area (Å²) in [7, 11) is 0. The van der Waals surface area contributed by atoms with Crippen LogP contribution in [0, 0.1) is 11.6 Å². The minimum absolute atomic E-state index is 0. The van der Waals surface area contributed by atoms with E-state index in [4.69, 9.17) is 5.11 Å². The van der Waals surface area contributed by atoms with Gasteiger partial charge in [-0.05, 0) is 30.3 Å². The molecule has 0 saturated heterocycles. The van der Waals surface area contributed by atoms with Crippen LogP contribution in [0.1, 0.15) is 11.8 Å². The molecule has 0 aliphatic rings. The molecule has 26 heavy (non-hydrogen) atoms. The number of benzene rings is 1. The maximum Gasteiger partial charge on any atom is 1.00 e. The van der Waals surface area contributed by atoms with Crippen LogP contribution in [0.25, 0.3) is 11.4 Å². The van der Waals surface area contributed by atoms with Crippen LogP contribution >= 0.6 is 0 Å². The number of pyridine rings is 1. The van der Waals surface area contributed by atoms with Gasteiger partial charge in [-0.1, -0.05) is 0 Å². The molecule has 2 N–H and O–H groups in total. The topological polar surface area (TPSA) is 97.1 Å². The largest absolute Gasteiger partial charge is 1.00 e. The smallest absolute Gasteiger partial charge is 1.00 e. The molecule has 10 heteroatoms. The molecule has 128 valence electrons. The first-order chi connectivity index (χ1) is 11.9. The number of anilines is 1. The summed E-state index contributed by atoms with van der Waals surface area (Å²) in [6.45, 7) is 0. The molecule has 2 heterocycles. The number of hydrogen-bond acceptors (Lipinski definition) is 4. The first-order valence-electron chi connectivity index (χ1n) is 6.96. The van der Waals surface area contributed by atoms with Gasteiger partial charge in [-0.15, -0.1) is 0 Å². The summed E-state index contributed by atoms with van der Waals surface area (Å²) >= 11 is 0. The van der Waals surface area contributed by atoms with Crippen LogP contribution in [-0.4, -0.2) is 31.9 Å². The molecule has 0 atom stereocenters. The Kier molecular flexibility index (Phi) is 6.19. The molecule has 2 aromatic heterocycles. The predicted molar refractivity (Wildman–Crippen MR) is 84.3 cm³/mol. The molecule has 0 unspecified atom stereocenters. The SMILES string of the molecule is O=C(O)c1cccnc1-c1ccn(C(=O)Nc2cc(F)cc(F)c2)n1.[H-].[Na+]. The van der Waals surface area contributed by atoms with Crippen LogP contribution in [0.15, 0.2) is 48.8 Å². The second-order valence-corrected chi connectivity index (χ2v) is 4.94. The van der Waals surface area contributed by atoms with E-state index in [0.717, 1.165) is 16.8 Å². The summed E-state index contributed by atoms with van der Waals surface area (Å²) in [5, 5.41) is 15.4. The molecule has 1 aromatic carbocycles. The number of carbonyl (C=O) groups is 2. The van der Waals surface area contributed by atoms with Gasteiger partial charge < -0.3 is 11.8 Å². The maximum atomic E-state index is 13.1. The van der Waals surface area contributed by atoms with Crippen molar-refractivity contribution in [3.05, 3.63) is 66.0 Å². The number of carboxylic acid groups (broad SMARTS) is 1. The van der Waals surface area contributed by atoms with E-state index in [1.54, 1.807) is 0 Å². The third-order valence-electron chi connectivity index (χ3n) is 3.19. The van der Waals surface area contributed by atoms with Crippen molar-refractivity contribution in [2.75, 3.05) is 5.32 Å². The van der Waals surface area contributed by atoms with E-state index in [2.05, 4.69) is 15.4 Å². The van der Waals surface area contributed by atoms with Gasteiger partial charge in [0.25, 0.3) is 0 Å². The van der Waals surface area contributed by atoms with Crippen molar-refractivity contribution in [1.29, 1.82) is 0 Å². The molecule has 1 amide bonds. The Morgan fingerprint density at radius 1 is 1.15 bits per heavy atom. The molecule has 0 radical (unpaired) electrons. The van der Waals surface area contributed by atoms with Crippen LogP contribution in [0.5, 0.6) is 0 Å². The summed E-state index contributed by atoms with van der Waals surface area (Å²) in [6, 6.07) is 6.04. The Balaban J connectivity index is 0.00000182. The van der Waals surface area contributed by atoms with E-state index in [-0.39, 0.29) is 53.6 Å². The van der Waals surface area contributed by atoms with Crippen LogP contribution in [0.3, 0.4) is 0 Å². The zero-order valence-electron chi connectivity index (χ0n) is 14.5. The molecule has 0 aliphatic carbocycles. The van der Waals surface area contributed by atoms with E-state index in [1.165, 1.54) is 30.6 Å². The Morgan fingerprint density at radius 3 is 2.50 bits per heavy atom. The second-order valence-electron chi connectivity index (χ2n) is 4.94. The van der Waals surface area contributed by atoms with Crippen molar-refractivity contribution in [2.24, 2.45) is 0 Å². The van der Waals surface area contributed by atoms with Gasteiger partial charge in [-0.2, -0.15) is 9.78 Å². The Labute approximate surface area is 169 Å². The molecule has 3 aromatic rings. The van der Waals surface area contributed by atoms with Gasteiger partial charge in [0, 0.05) is 24.1 Å². The van der Waals surface area contributed by atoms with Crippen molar-refractivity contribution >= 4 is 17.7 Å². The van der Waals surface area contributed by atoms with Gasteiger partial charge in [-0.25, -0.2) is 18.4 Å². The second kappa shape index (κ2) is 8.17. The zero-order valence-corrected chi connectivity index (χ0v) is 15.5. The monoisotopic (exact) mass is 368 g/mol. The van der Waals surface area contributed by atoms with E-state index >= 15 is 0 Å².